The first-order valence-electron chi connectivity index (χ1n) is 6.28. The van der Waals surface area contributed by atoms with Crippen LogP contribution < -0.4 is 5.32 Å². The van der Waals surface area contributed by atoms with E-state index in [2.05, 4.69) is 20.2 Å². The first-order chi connectivity index (χ1) is 10.5. The lowest BCUT2D eigenvalue weighted by Crippen LogP contribution is -2.37. The number of nitrogens with zero attached hydrogens (tertiary/aromatic N) is 3. The lowest BCUT2D eigenvalue weighted by Gasteiger charge is -2.06. The van der Waals surface area contributed by atoms with Gasteiger partial charge < -0.3 is 5.32 Å². The molecular weight excluding hydrogens is 319 g/mol. The van der Waals surface area contributed by atoms with E-state index in [1.165, 1.54) is 11.8 Å². The molecule has 22 heavy (non-hydrogen) atoms. The molecule has 1 amide bonds. The van der Waals surface area contributed by atoms with Crippen LogP contribution in [0.15, 0.2) is 29.6 Å². The highest BCUT2D eigenvalue weighted by Gasteiger charge is 2.38. The van der Waals surface area contributed by atoms with Gasteiger partial charge in [0.1, 0.15) is 5.69 Å². The van der Waals surface area contributed by atoms with Crippen molar-refractivity contribution in [3.63, 3.8) is 0 Å². The first kappa shape index (κ1) is 16.3. The van der Waals surface area contributed by atoms with Gasteiger partial charge in [0.15, 0.2) is 5.82 Å². The molecule has 0 fully saturated rings. The molecule has 2 N–H and O–H groups in total. The Kier molecular flexibility index (Phi) is 5.36. The van der Waals surface area contributed by atoms with Gasteiger partial charge in [0.05, 0.1) is 0 Å². The Bertz CT molecular complexity index is 617. The number of thioether (sulfide) groups is 1. The molecule has 0 aliphatic rings. The van der Waals surface area contributed by atoms with E-state index in [-0.39, 0.29) is 6.54 Å². The number of aromatic amines is 1. The maximum atomic E-state index is 11.9. The highest BCUT2D eigenvalue weighted by molar-refractivity contribution is 7.99. The third kappa shape index (κ3) is 4.72. The van der Waals surface area contributed by atoms with Crippen molar-refractivity contribution in [3.05, 3.63) is 24.4 Å². The third-order valence-electron chi connectivity index (χ3n) is 2.47. The van der Waals surface area contributed by atoms with Crippen LogP contribution in [0.5, 0.6) is 0 Å². The number of pyridine rings is 1. The Labute approximate surface area is 127 Å². The maximum absolute atomic E-state index is 11.9. The zero-order valence-electron chi connectivity index (χ0n) is 11.2. The molecule has 0 aliphatic heterocycles. The molecule has 2 aromatic rings. The van der Waals surface area contributed by atoms with E-state index >= 15 is 0 Å². The van der Waals surface area contributed by atoms with Gasteiger partial charge in [-0.2, -0.15) is 18.2 Å². The van der Waals surface area contributed by atoms with E-state index in [0.717, 1.165) is 0 Å². The number of aromatic nitrogens is 4. The Morgan fingerprint density at radius 1 is 1.36 bits per heavy atom. The number of nitrogens with one attached hydrogen (secondary N) is 2. The minimum atomic E-state index is -4.84. The van der Waals surface area contributed by atoms with E-state index in [4.69, 9.17) is 0 Å². The molecule has 0 saturated heterocycles. The largest absolute Gasteiger partial charge is 0.471 e. The van der Waals surface area contributed by atoms with Gasteiger partial charge in [-0.25, -0.2) is 0 Å². The van der Waals surface area contributed by atoms with Crippen molar-refractivity contribution >= 4 is 17.7 Å². The molecule has 2 rings (SSSR count). The van der Waals surface area contributed by atoms with Gasteiger partial charge in [-0.15, -0.1) is 5.10 Å². The summed E-state index contributed by atoms with van der Waals surface area (Å²) < 4.78 is 35.8. The second-order valence-electron chi connectivity index (χ2n) is 4.14. The van der Waals surface area contributed by atoms with Gasteiger partial charge >= 0.3 is 12.1 Å². The fraction of sp³-hybridized carbons (Fsp3) is 0.333. The fourth-order valence-corrected chi connectivity index (χ4v) is 2.20. The summed E-state index contributed by atoms with van der Waals surface area (Å²) in [5.74, 6) is -0.918. The van der Waals surface area contributed by atoms with Crippen molar-refractivity contribution in [1.29, 1.82) is 0 Å². The summed E-state index contributed by atoms with van der Waals surface area (Å²) in [7, 11) is 0. The average Bonchev–Trinajstić information content (AvgIpc) is 2.95. The van der Waals surface area contributed by atoms with Crippen molar-refractivity contribution in [3.8, 4) is 11.5 Å². The minimum Gasteiger partial charge on any atom is -0.348 e. The van der Waals surface area contributed by atoms with Crippen LogP contribution in [0, 0.1) is 0 Å². The van der Waals surface area contributed by atoms with E-state index in [1.807, 2.05) is 6.07 Å². The van der Waals surface area contributed by atoms with Crippen molar-refractivity contribution in [2.45, 2.75) is 17.8 Å². The summed E-state index contributed by atoms with van der Waals surface area (Å²) >= 11 is 1.28. The quantitative estimate of drug-likeness (QED) is 0.625. The maximum Gasteiger partial charge on any atom is 0.471 e. The summed E-state index contributed by atoms with van der Waals surface area (Å²) in [6, 6.07) is 5.38. The van der Waals surface area contributed by atoms with Gasteiger partial charge in [-0.3, -0.25) is 14.9 Å². The molecule has 0 spiro atoms. The summed E-state index contributed by atoms with van der Waals surface area (Å²) in [6.45, 7) is -0.0527. The standard InChI is InChI=1S/C12H12F3N5OS/c13-12(14,15)10(21)17-6-3-7-22-11-18-9(19-20-11)8-4-1-2-5-16-8/h1-2,4-5H,3,6-7H2,(H,17,21)(H,18,19,20). The van der Waals surface area contributed by atoms with E-state index in [0.29, 0.717) is 28.8 Å². The molecular formula is C12H12F3N5OS. The molecule has 2 heterocycles. The van der Waals surface area contributed by atoms with Crippen molar-refractivity contribution < 1.29 is 18.0 Å². The summed E-state index contributed by atoms with van der Waals surface area (Å²) in [5, 5.41) is 9.00. The number of amides is 1. The molecule has 10 heteroatoms. The van der Waals surface area contributed by atoms with E-state index in [1.54, 1.807) is 23.6 Å². The van der Waals surface area contributed by atoms with Crippen LogP contribution in [0.2, 0.25) is 0 Å². The topological polar surface area (TPSA) is 83.6 Å². The fourth-order valence-electron chi connectivity index (χ4n) is 1.47. The summed E-state index contributed by atoms with van der Waals surface area (Å²) in [4.78, 5) is 18.9. The molecule has 2 aromatic heterocycles. The van der Waals surface area contributed by atoms with Gasteiger partial charge in [0.25, 0.3) is 0 Å². The van der Waals surface area contributed by atoms with E-state index < -0.39 is 12.1 Å². The predicted octanol–water partition coefficient (Wildman–Crippen LogP) is 2.03. The monoisotopic (exact) mass is 331 g/mol. The molecule has 118 valence electrons. The van der Waals surface area contributed by atoms with Gasteiger partial charge in [-0.05, 0) is 18.6 Å². The third-order valence-corrected chi connectivity index (χ3v) is 3.40. The van der Waals surface area contributed by atoms with Crippen LogP contribution in [0.1, 0.15) is 6.42 Å². The Morgan fingerprint density at radius 2 is 2.18 bits per heavy atom. The normalized spacial score (nSPS) is 11.4. The molecule has 0 radical (unpaired) electrons. The molecule has 6 nitrogen and oxygen atoms in total. The van der Waals surface area contributed by atoms with Crippen LogP contribution in [0.4, 0.5) is 13.2 Å². The number of halogens is 3. The number of carbonyl (C=O) groups is 1. The second kappa shape index (κ2) is 7.25. The molecule has 0 saturated carbocycles. The number of hydrogen-bond acceptors (Lipinski definition) is 5. The number of rotatable bonds is 6. The van der Waals surface area contributed by atoms with Crippen molar-refractivity contribution in [2.24, 2.45) is 0 Å². The van der Waals surface area contributed by atoms with Crippen LogP contribution in [-0.2, 0) is 4.79 Å². The Morgan fingerprint density at radius 3 is 2.86 bits per heavy atom. The summed E-state index contributed by atoms with van der Waals surface area (Å²) in [6.07, 6.45) is -2.83. The lowest BCUT2D eigenvalue weighted by molar-refractivity contribution is -0.173. The molecule has 0 aliphatic carbocycles. The lowest BCUT2D eigenvalue weighted by atomic mass is 10.3. The number of hydrogen-bond donors (Lipinski definition) is 2. The average molecular weight is 331 g/mol. The van der Waals surface area contributed by atoms with Crippen molar-refractivity contribution in [2.75, 3.05) is 12.3 Å². The second-order valence-corrected chi connectivity index (χ2v) is 5.20. The predicted molar refractivity (Wildman–Crippen MR) is 74.0 cm³/mol. The molecule has 0 bridgehead atoms. The first-order valence-corrected chi connectivity index (χ1v) is 7.27. The van der Waals surface area contributed by atoms with Crippen molar-refractivity contribution in [1.82, 2.24) is 25.5 Å². The van der Waals surface area contributed by atoms with Crippen LogP contribution >= 0.6 is 11.8 Å². The Hall–Kier alpha value is -2.10. The minimum absolute atomic E-state index is 0.0527. The highest BCUT2D eigenvalue weighted by atomic mass is 32.2. The SMILES string of the molecule is O=C(NCCCSc1n[nH]c(-c2ccccn2)n1)C(F)(F)F. The molecule has 0 aromatic carbocycles. The van der Waals surface area contributed by atoms with Crippen LogP contribution in [0.25, 0.3) is 11.5 Å². The zero-order chi connectivity index (χ0) is 16.0. The molecule has 0 unspecified atom stereocenters. The van der Waals surface area contributed by atoms with Crippen LogP contribution in [-0.4, -0.2) is 44.5 Å². The number of H-pyrrole nitrogens is 1. The smallest absolute Gasteiger partial charge is 0.348 e. The van der Waals surface area contributed by atoms with E-state index in [9.17, 15) is 18.0 Å². The van der Waals surface area contributed by atoms with Gasteiger partial charge in [0, 0.05) is 18.5 Å². The number of carbonyl (C=O) groups excluding carboxylic acids is 1. The van der Waals surface area contributed by atoms with Gasteiger partial charge in [-0.1, -0.05) is 17.8 Å². The highest BCUT2D eigenvalue weighted by Crippen LogP contribution is 2.18. The summed E-state index contributed by atoms with van der Waals surface area (Å²) in [5.41, 5.74) is 0.652. The van der Waals surface area contributed by atoms with Gasteiger partial charge in [0.2, 0.25) is 5.16 Å². The van der Waals surface area contributed by atoms with Crippen LogP contribution in [0.3, 0.4) is 0 Å². The Balaban J connectivity index is 1.72. The number of alkyl halides is 3. The zero-order valence-corrected chi connectivity index (χ0v) is 12.0. The molecule has 0 atom stereocenters.